The van der Waals surface area contributed by atoms with Gasteiger partial charge < -0.3 is 0 Å². The molecule has 0 aliphatic carbocycles. The molecule has 0 bridgehead atoms. The Balaban J connectivity index is 2.58. The fourth-order valence-electron chi connectivity index (χ4n) is 1.67. The van der Waals surface area contributed by atoms with E-state index >= 15 is 0 Å². The first-order chi connectivity index (χ1) is 7.06. The SMILES string of the molecule is Cc1cc(F)cc(-c2sc(C)nc2C)c1. The smallest absolute Gasteiger partial charge is 0.124 e. The Kier molecular flexibility index (Phi) is 2.57. The van der Waals surface area contributed by atoms with Gasteiger partial charge in [-0.1, -0.05) is 6.07 Å². The Morgan fingerprint density at radius 3 is 2.40 bits per heavy atom. The van der Waals surface area contributed by atoms with E-state index in [0.717, 1.165) is 26.7 Å². The van der Waals surface area contributed by atoms with Crippen LogP contribution in [0.25, 0.3) is 10.4 Å². The van der Waals surface area contributed by atoms with Crippen LogP contribution in [0.15, 0.2) is 18.2 Å². The van der Waals surface area contributed by atoms with Crippen molar-refractivity contribution in [1.82, 2.24) is 4.98 Å². The minimum atomic E-state index is -0.185. The molecule has 0 atom stereocenters. The minimum Gasteiger partial charge on any atom is -0.246 e. The molecule has 0 amide bonds. The van der Waals surface area contributed by atoms with Gasteiger partial charge in [0, 0.05) is 0 Å². The number of benzene rings is 1. The van der Waals surface area contributed by atoms with Crippen LogP contribution >= 0.6 is 11.3 Å². The van der Waals surface area contributed by atoms with Crippen molar-refractivity contribution in [1.29, 1.82) is 0 Å². The molecule has 0 saturated carbocycles. The standard InChI is InChI=1S/C12H12FNS/c1-7-4-10(6-11(13)5-7)12-8(2)14-9(3)15-12/h4-6H,1-3H3. The van der Waals surface area contributed by atoms with E-state index in [-0.39, 0.29) is 5.82 Å². The molecule has 1 aromatic carbocycles. The molecule has 0 N–H and O–H groups in total. The van der Waals surface area contributed by atoms with Crippen molar-refractivity contribution in [3.8, 4) is 10.4 Å². The van der Waals surface area contributed by atoms with Crippen LogP contribution in [-0.2, 0) is 0 Å². The van der Waals surface area contributed by atoms with E-state index in [1.165, 1.54) is 6.07 Å². The van der Waals surface area contributed by atoms with Gasteiger partial charge in [-0.15, -0.1) is 11.3 Å². The average molecular weight is 221 g/mol. The lowest BCUT2D eigenvalue weighted by Crippen LogP contribution is -1.83. The maximum atomic E-state index is 13.2. The number of hydrogen-bond donors (Lipinski definition) is 0. The highest BCUT2D eigenvalue weighted by Gasteiger charge is 2.08. The molecule has 0 aliphatic rings. The average Bonchev–Trinajstić information content (AvgIpc) is 2.43. The van der Waals surface area contributed by atoms with Crippen molar-refractivity contribution in [3.05, 3.63) is 40.3 Å². The van der Waals surface area contributed by atoms with Gasteiger partial charge in [-0.25, -0.2) is 9.37 Å². The van der Waals surface area contributed by atoms with E-state index in [9.17, 15) is 4.39 Å². The third-order valence-corrected chi connectivity index (χ3v) is 3.33. The lowest BCUT2D eigenvalue weighted by molar-refractivity contribution is 0.627. The Hall–Kier alpha value is -1.22. The van der Waals surface area contributed by atoms with Gasteiger partial charge in [0.2, 0.25) is 0 Å². The molecule has 0 aliphatic heterocycles. The van der Waals surface area contributed by atoms with Crippen LogP contribution < -0.4 is 0 Å². The predicted octanol–water partition coefficient (Wildman–Crippen LogP) is 3.87. The molecule has 0 unspecified atom stereocenters. The summed E-state index contributed by atoms with van der Waals surface area (Å²) in [4.78, 5) is 5.41. The molecule has 2 aromatic rings. The molecular formula is C12H12FNS. The van der Waals surface area contributed by atoms with E-state index in [0.29, 0.717) is 0 Å². The zero-order valence-corrected chi connectivity index (χ0v) is 9.78. The van der Waals surface area contributed by atoms with Gasteiger partial charge in [0.25, 0.3) is 0 Å². The van der Waals surface area contributed by atoms with Crippen molar-refractivity contribution >= 4 is 11.3 Å². The second-order valence-corrected chi connectivity index (χ2v) is 4.87. The number of aryl methyl sites for hydroxylation is 3. The van der Waals surface area contributed by atoms with E-state index < -0.39 is 0 Å². The maximum Gasteiger partial charge on any atom is 0.124 e. The third-order valence-electron chi connectivity index (χ3n) is 2.21. The van der Waals surface area contributed by atoms with Crippen LogP contribution in [0.5, 0.6) is 0 Å². The zero-order valence-electron chi connectivity index (χ0n) is 8.97. The summed E-state index contributed by atoms with van der Waals surface area (Å²) >= 11 is 1.61. The fourth-order valence-corrected chi connectivity index (χ4v) is 2.57. The molecule has 2 rings (SSSR count). The van der Waals surface area contributed by atoms with Crippen LogP contribution in [0.2, 0.25) is 0 Å². The van der Waals surface area contributed by atoms with E-state index in [2.05, 4.69) is 4.98 Å². The van der Waals surface area contributed by atoms with Crippen molar-refractivity contribution < 1.29 is 4.39 Å². The van der Waals surface area contributed by atoms with Crippen LogP contribution in [0, 0.1) is 26.6 Å². The Morgan fingerprint density at radius 2 is 1.87 bits per heavy atom. The largest absolute Gasteiger partial charge is 0.246 e. The second kappa shape index (κ2) is 3.74. The summed E-state index contributed by atoms with van der Waals surface area (Å²) in [5, 5.41) is 1.02. The highest BCUT2D eigenvalue weighted by molar-refractivity contribution is 7.15. The Labute approximate surface area is 92.6 Å². The number of rotatable bonds is 1. The fraction of sp³-hybridized carbons (Fsp3) is 0.250. The van der Waals surface area contributed by atoms with Gasteiger partial charge in [0.15, 0.2) is 0 Å². The number of nitrogens with zero attached hydrogens (tertiary/aromatic N) is 1. The molecular weight excluding hydrogens is 209 g/mol. The number of thiazole rings is 1. The molecule has 0 saturated heterocycles. The van der Waals surface area contributed by atoms with Gasteiger partial charge >= 0.3 is 0 Å². The predicted molar refractivity (Wildman–Crippen MR) is 61.7 cm³/mol. The van der Waals surface area contributed by atoms with Gasteiger partial charge in [0.05, 0.1) is 15.6 Å². The highest BCUT2D eigenvalue weighted by atomic mass is 32.1. The van der Waals surface area contributed by atoms with Gasteiger partial charge in [-0.05, 0) is 44.0 Å². The Bertz CT molecular complexity index is 482. The van der Waals surface area contributed by atoms with Gasteiger partial charge in [-0.2, -0.15) is 0 Å². The zero-order chi connectivity index (χ0) is 11.0. The quantitative estimate of drug-likeness (QED) is 0.712. The number of halogens is 1. The maximum absolute atomic E-state index is 13.2. The molecule has 3 heteroatoms. The topological polar surface area (TPSA) is 12.9 Å². The van der Waals surface area contributed by atoms with Gasteiger partial charge in [-0.3, -0.25) is 0 Å². The summed E-state index contributed by atoms with van der Waals surface area (Å²) in [6.07, 6.45) is 0. The van der Waals surface area contributed by atoms with Crippen molar-refractivity contribution in [2.45, 2.75) is 20.8 Å². The Morgan fingerprint density at radius 1 is 1.13 bits per heavy atom. The third kappa shape index (κ3) is 2.07. The first kappa shape index (κ1) is 10.3. The van der Waals surface area contributed by atoms with Crippen molar-refractivity contribution in [2.24, 2.45) is 0 Å². The van der Waals surface area contributed by atoms with Gasteiger partial charge in [0.1, 0.15) is 5.82 Å². The summed E-state index contributed by atoms with van der Waals surface area (Å²) in [5.74, 6) is -0.185. The molecule has 1 heterocycles. The first-order valence-electron chi connectivity index (χ1n) is 4.78. The highest BCUT2D eigenvalue weighted by Crippen LogP contribution is 2.30. The molecule has 0 fully saturated rings. The second-order valence-electron chi connectivity index (χ2n) is 3.66. The molecule has 0 radical (unpaired) electrons. The van der Waals surface area contributed by atoms with E-state index in [1.807, 2.05) is 26.8 Å². The molecule has 0 spiro atoms. The van der Waals surface area contributed by atoms with Crippen molar-refractivity contribution in [3.63, 3.8) is 0 Å². The summed E-state index contributed by atoms with van der Waals surface area (Å²) in [5.41, 5.74) is 2.84. The molecule has 15 heavy (non-hydrogen) atoms. The van der Waals surface area contributed by atoms with Crippen LogP contribution in [-0.4, -0.2) is 4.98 Å². The molecule has 78 valence electrons. The number of hydrogen-bond acceptors (Lipinski definition) is 2. The van der Waals surface area contributed by atoms with Crippen LogP contribution in [0.1, 0.15) is 16.3 Å². The normalized spacial score (nSPS) is 10.7. The molecule has 1 nitrogen and oxygen atoms in total. The van der Waals surface area contributed by atoms with Crippen LogP contribution in [0.4, 0.5) is 4.39 Å². The summed E-state index contributed by atoms with van der Waals surface area (Å²) in [6.45, 7) is 5.82. The first-order valence-corrected chi connectivity index (χ1v) is 5.59. The lowest BCUT2D eigenvalue weighted by atomic mass is 10.1. The van der Waals surface area contributed by atoms with E-state index in [1.54, 1.807) is 17.4 Å². The lowest BCUT2D eigenvalue weighted by Gasteiger charge is -2.01. The summed E-state index contributed by atoms with van der Waals surface area (Å²) in [7, 11) is 0. The number of aromatic nitrogens is 1. The van der Waals surface area contributed by atoms with Crippen molar-refractivity contribution in [2.75, 3.05) is 0 Å². The van der Waals surface area contributed by atoms with E-state index in [4.69, 9.17) is 0 Å². The summed E-state index contributed by atoms with van der Waals surface area (Å²) in [6, 6.07) is 5.09. The molecule has 1 aromatic heterocycles. The minimum absolute atomic E-state index is 0.185. The summed E-state index contributed by atoms with van der Waals surface area (Å²) < 4.78 is 13.2. The van der Waals surface area contributed by atoms with Crippen LogP contribution in [0.3, 0.4) is 0 Å². The monoisotopic (exact) mass is 221 g/mol.